The molecule has 0 fully saturated rings. The molecule has 0 bridgehead atoms. The fourth-order valence-corrected chi connectivity index (χ4v) is 3.02. The first kappa shape index (κ1) is 22.2. The zero-order valence-corrected chi connectivity index (χ0v) is 16.8. The molecule has 12 heteroatoms. The Morgan fingerprint density at radius 2 is 1.67 bits per heavy atom. The van der Waals surface area contributed by atoms with Crippen molar-refractivity contribution in [3.05, 3.63) is 63.7 Å². The summed E-state index contributed by atoms with van der Waals surface area (Å²) in [6.07, 6.45) is -9.39. The molecule has 0 aliphatic carbocycles. The molecule has 1 aromatic heterocycles. The van der Waals surface area contributed by atoms with Crippen LogP contribution in [0, 0.1) is 0 Å². The van der Waals surface area contributed by atoms with Gasteiger partial charge in [0.15, 0.2) is 5.82 Å². The second kappa shape index (κ2) is 8.31. The van der Waals surface area contributed by atoms with Crippen LogP contribution in [-0.4, -0.2) is 16.3 Å². The summed E-state index contributed by atoms with van der Waals surface area (Å²) in [7, 11) is 0. The van der Waals surface area contributed by atoms with Crippen LogP contribution in [0.1, 0.15) is 5.56 Å². The second-order valence-corrected chi connectivity index (χ2v) is 7.04. The van der Waals surface area contributed by atoms with Crippen LogP contribution in [0.15, 0.2) is 53.0 Å². The highest BCUT2D eigenvalue weighted by Gasteiger charge is 2.32. The van der Waals surface area contributed by atoms with Crippen molar-refractivity contribution in [1.82, 2.24) is 9.97 Å². The van der Waals surface area contributed by atoms with E-state index in [9.17, 15) is 26.3 Å². The highest BCUT2D eigenvalue weighted by Crippen LogP contribution is 2.34. The number of aromatic nitrogens is 2. The predicted octanol–water partition coefficient (Wildman–Crippen LogP) is 7.22. The van der Waals surface area contributed by atoms with Gasteiger partial charge in [-0.3, -0.25) is 0 Å². The summed E-state index contributed by atoms with van der Waals surface area (Å²) in [5, 5.41) is 2.76. The van der Waals surface area contributed by atoms with Crippen LogP contribution in [-0.2, 0) is 6.18 Å². The van der Waals surface area contributed by atoms with Gasteiger partial charge in [0.05, 0.1) is 10.0 Å². The van der Waals surface area contributed by atoms with Crippen LogP contribution in [0.3, 0.4) is 0 Å². The minimum atomic E-state index is -4.85. The molecule has 2 aromatic carbocycles. The molecule has 1 N–H and O–H groups in total. The van der Waals surface area contributed by atoms with Gasteiger partial charge in [0.1, 0.15) is 16.7 Å². The zero-order valence-electron chi connectivity index (χ0n) is 14.4. The Labute approximate surface area is 179 Å². The van der Waals surface area contributed by atoms with Crippen molar-refractivity contribution in [2.24, 2.45) is 0 Å². The number of ether oxygens (including phenoxy) is 1. The Kier molecular flexibility index (Phi) is 6.14. The summed E-state index contributed by atoms with van der Waals surface area (Å²) in [4.78, 5) is 8.07. The third-order valence-corrected chi connectivity index (χ3v) is 4.39. The number of nitrogens with zero attached hydrogens (tertiary/aromatic N) is 2. The van der Waals surface area contributed by atoms with Crippen molar-refractivity contribution in [3.63, 3.8) is 0 Å². The maximum Gasteiger partial charge on any atom is 0.573 e. The molecule has 158 valence electrons. The van der Waals surface area contributed by atoms with Crippen molar-refractivity contribution < 1.29 is 31.1 Å². The van der Waals surface area contributed by atoms with Gasteiger partial charge in [-0.1, -0.05) is 23.7 Å². The molecule has 0 radical (unpaired) electrons. The molecule has 4 nitrogen and oxygen atoms in total. The van der Waals surface area contributed by atoms with Crippen LogP contribution in [0.4, 0.5) is 37.8 Å². The maximum absolute atomic E-state index is 12.9. The Hall–Kier alpha value is -2.53. The number of halogens is 8. The molecule has 0 atom stereocenters. The minimum absolute atomic E-state index is 0.0167. The van der Waals surface area contributed by atoms with Gasteiger partial charge in [0.25, 0.3) is 0 Å². The Morgan fingerprint density at radius 3 is 2.30 bits per heavy atom. The molecule has 0 amide bonds. The summed E-state index contributed by atoms with van der Waals surface area (Å²) in [5.41, 5.74) is -0.464. The number of benzene rings is 2. The molecule has 0 saturated heterocycles. The molecule has 0 saturated carbocycles. The van der Waals surface area contributed by atoms with E-state index in [0.29, 0.717) is 5.69 Å². The van der Waals surface area contributed by atoms with Crippen LogP contribution in [0.2, 0.25) is 5.15 Å². The Balaban J connectivity index is 1.89. The number of rotatable bonds is 4. The van der Waals surface area contributed by atoms with E-state index in [-0.39, 0.29) is 26.8 Å². The number of alkyl halides is 6. The molecule has 0 spiro atoms. The number of hydrogen-bond donors (Lipinski definition) is 1. The predicted molar refractivity (Wildman–Crippen MR) is 102 cm³/mol. The normalized spacial score (nSPS) is 12.0. The van der Waals surface area contributed by atoms with Crippen molar-refractivity contribution in [3.8, 4) is 17.1 Å². The molecule has 0 aliphatic rings. The lowest BCUT2D eigenvalue weighted by Gasteiger charge is -2.13. The highest BCUT2D eigenvalue weighted by molar-refractivity contribution is 9.10. The molecule has 0 aliphatic heterocycles. The van der Waals surface area contributed by atoms with E-state index in [4.69, 9.17) is 11.6 Å². The van der Waals surface area contributed by atoms with Gasteiger partial charge in [-0.25, -0.2) is 9.97 Å². The van der Waals surface area contributed by atoms with Gasteiger partial charge in [0.2, 0.25) is 0 Å². The van der Waals surface area contributed by atoms with E-state index in [1.54, 1.807) is 0 Å². The molecule has 0 unspecified atom stereocenters. The lowest BCUT2D eigenvalue weighted by atomic mass is 10.1. The van der Waals surface area contributed by atoms with Crippen LogP contribution in [0.25, 0.3) is 11.4 Å². The average Bonchev–Trinajstić information content (AvgIpc) is 2.62. The van der Waals surface area contributed by atoms with Crippen molar-refractivity contribution in [1.29, 1.82) is 0 Å². The lowest BCUT2D eigenvalue weighted by Crippen LogP contribution is -2.17. The monoisotopic (exact) mass is 511 g/mol. The van der Waals surface area contributed by atoms with Gasteiger partial charge >= 0.3 is 12.5 Å². The Morgan fingerprint density at radius 1 is 0.933 bits per heavy atom. The summed E-state index contributed by atoms with van der Waals surface area (Å²) in [5.74, 6) is -0.385. The quantitative estimate of drug-likeness (QED) is 0.296. The molecule has 3 rings (SSSR count). The van der Waals surface area contributed by atoms with E-state index >= 15 is 0 Å². The van der Waals surface area contributed by atoms with E-state index in [0.717, 1.165) is 18.2 Å². The van der Waals surface area contributed by atoms with Gasteiger partial charge in [-0.15, -0.1) is 13.2 Å². The summed E-state index contributed by atoms with van der Waals surface area (Å²) < 4.78 is 79.8. The third kappa shape index (κ3) is 5.76. The standard InChI is InChI=1S/C18H9BrClF6N3O/c19-12-7-11(4-5-13(12)30-18(24,25)26)27-15-8-14(20)28-16(29-15)9-2-1-3-10(6-9)17(21,22)23/h1-8H,(H,27,28,29). The number of nitrogens with one attached hydrogen (secondary N) is 1. The minimum Gasteiger partial charge on any atom is -0.405 e. The van der Waals surface area contributed by atoms with E-state index < -0.39 is 23.9 Å². The largest absolute Gasteiger partial charge is 0.573 e. The molecule has 1 heterocycles. The maximum atomic E-state index is 12.9. The molecule has 3 aromatic rings. The Bertz CT molecular complexity index is 1070. The fraction of sp³-hybridized carbons (Fsp3) is 0.111. The number of hydrogen-bond acceptors (Lipinski definition) is 4. The highest BCUT2D eigenvalue weighted by atomic mass is 79.9. The zero-order chi connectivity index (χ0) is 22.1. The van der Waals surface area contributed by atoms with Gasteiger partial charge in [-0.05, 0) is 46.3 Å². The average molecular weight is 513 g/mol. The lowest BCUT2D eigenvalue weighted by molar-refractivity contribution is -0.274. The van der Waals surface area contributed by atoms with Crippen molar-refractivity contribution in [2.75, 3.05) is 5.32 Å². The molecule has 30 heavy (non-hydrogen) atoms. The van der Waals surface area contributed by atoms with Crippen LogP contribution < -0.4 is 10.1 Å². The first-order chi connectivity index (χ1) is 13.9. The fourth-order valence-electron chi connectivity index (χ4n) is 2.38. The topological polar surface area (TPSA) is 47.0 Å². The van der Waals surface area contributed by atoms with E-state index in [2.05, 4.69) is 36.0 Å². The molecular formula is C18H9BrClF6N3O. The van der Waals surface area contributed by atoms with Crippen molar-refractivity contribution >= 4 is 39.0 Å². The first-order valence-electron chi connectivity index (χ1n) is 7.95. The van der Waals surface area contributed by atoms with E-state index in [1.807, 2.05) is 0 Å². The first-order valence-corrected chi connectivity index (χ1v) is 9.12. The summed E-state index contributed by atoms with van der Waals surface area (Å²) >= 11 is 8.93. The second-order valence-electron chi connectivity index (χ2n) is 5.80. The smallest absolute Gasteiger partial charge is 0.405 e. The van der Waals surface area contributed by atoms with Gasteiger partial charge in [0, 0.05) is 17.3 Å². The van der Waals surface area contributed by atoms with Gasteiger partial charge < -0.3 is 10.1 Å². The van der Waals surface area contributed by atoms with E-state index in [1.165, 1.54) is 30.3 Å². The van der Waals surface area contributed by atoms with Crippen LogP contribution in [0.5, 0.6) is 5.75 Å². The van der Waals surface area contributed by atoms with Gasteiger partial charge in [-0.2, -0.15) is 13.2 Å². The summed E-state index contributed by atoms with van der Waals surface area (Å²) in [6.45, 7) is 0. The van der Waals surface area contributed by atoms with Crippen LogP contribution >= 0.6 is 27.5 Å². The third-order valence-electron chi connectivity index (χ3n) is 3.57. The number of anilines is 2. The SMILES string of the molecule is FC(F)(F)Oc1ccc(Nc2cc(Cl)nc(-c3cccc(C(F)(F)F)c3)n2)cc1Br. The molecular weight excluding hydrogens is 504 g/mol. The van der Waals surface area contributed by atoms with Crippen molar-refractivity contribution in [2.45, 2.75) is 12.5 Å². The summed E-state index contributed by atoms with van der Waals surface area (Å²) in [6, 6.07) is 9.40.